The van der Waals surface area contributed by atoms with Crippen molar-refractivity contribution in [2.75, 3.05) is 52.9 Å². The van der Waals surface area contributed by atoms with E-state index in [1.54, 1.807) is 12.1 Å². The van der Waals surface area contributed by atoms with Crippen LogP contribution in [-0.2, 0) is 6.54 Å². The van der Waals surface area contributed by atoms with Crippen LogP contribution in [0.5, 0.6) is 0 Å². The topological polar surface area (TPSA) is 42.9 Å². The number of piperazine rings is 1. The predicted octanol–water partition coefficient (Wildman–Crippen LogP) is 2.38. The normalized spacial score (nSPS) is 17.5. The SMILES string of the molecule is CCNC(=NCc1ccccc1F)NCC(C)CN1CCN(C)CC1.I. The van der Waals surface area contributed by atoms with Crippen LogP contribution in [0.2, 0.25) is 0 Å². The fourth-order valence-electron chi connectivity index (χ4n) is 2.94. The largest absolute Gasteiger partial charge is 0.357 e. The number of nitrogens with zero attached hydrogens (tertiary/aromatic N) is 3. The molecule has 2 rings (SSSR count). The van der Waals surface area contributed by atoms with Crippen molar-refractivity contribution in [3.05, 3.63) is 35.6 Å². The van der Waals surface area contributed by atoms with Gasteiger partial charge in [-0.15, -0.1) is 24.0 Å². The highest BCUT2D eigenvalue weighted by Crippen LogP contribution is 2.07. The highest BCUT2D eigenvalue weighted by Gasteiger charge is 2.16. The van der Waals surface area contributed by atoms with E-state index < -0.39 is 0 Å². The Bertz CT molecular complexity index is 546. The summed E-state index contributed by atoms with van der Waals surface area (Å²) in [5.74, 6) is 1.07. The summed E-state index contributed by atoms with van der Waals surface area (Å²) >= 11 is 0. The Hall–Kier alpha value is -0.930. The number of likely N-dealkylation sites (N-methyl/N-ethyl adjacent to an activating group) is 1. The van der Waals surface area contributed by atoms with Gasteiger partial charge in [-0.05, 0) is 26.0 Å². The average Bonchev–Trinajstić information content (AvgIpc) is 2.60. The number of hydrogen-bond donors (Lipinski definition) is 2. The van der Waals surface area contributed by atoms with Crippen molar-refractivity contribution in [2.45, 2.75) is 20.4 Å². The average molecular weight is 477 g/mol. The van der Waals surface area contributed by atoms with Crippen LogP contribution in [0.1, 0.15) is 19.4 Å². The first-order valence-electron chi connectivity index (χ1n) is 9.25. The molecule has 2 N–H and O–H groups in total. The Morgan fingerprint density at radius 3 is 2.54 bits per heavy atom. The molecular weight excluding hydrogens is 444 g/mol. The number of aliphatic imine (C=N–C) groups is 1. The minimum absolute atomic E-state index is 0. The number of guanidine groups is 1. The standard InChI is InChI=1S/C19H32FN5.HI/c1-4-21-19(23-14-17-7-5-6-8-18(17)20)22-13-16(2)15-25-11-9-24(3)10-12-25;/h5-8,16H,4,9-15H2,1-3H3,(H2,21,22,23);1H. The molecule has 1 atom stereocenters. The monoisotopic (exact) mass is 477 g/mol. The Labute approximate surface area is 174 Å². The summed E-state index contributed by atoms with van der Waals surface area (Å²) in [5.41, 5.74) is 0.616. The molecule has 1 aromatic carbocycles. The number of benzene rings is 1. The van der Waals surface area contributed by atoms with Crippen molar-refractivity contribution < 1.29 is 4.39 Å². The molecule has 0 saturated carbocycles. The van der Waals surface area contributed by atoms with Gasteiger partial charge in [-0.1, -0.05) is 25.1 Å². The maximum Gasteiger partial charge on any atom is 0.191 e. The third kappa shape index (κ3) is 8.18. The molecular formula is C19H33FIN5. The number of rotatable bonds is 7. The molecule has 1 heterocycles. The fraction of sp³-hybridized carbons (Fsp3) is 0.632. The summed E-state index contributed by atoms with van der Waals surface area (Å²) < 4.78 is 13.7. The molecule has 0 amide bonds. The van der Waals surface area contributed by atoms with E-state index in [0.29, 0.717) is 18.0 Å². The maximum absolute atomic E-state index is 13.7. The van der Waals surface area contributed by atoms with Gasteiger partial charge in [-0.3, -0.25) is 0 Å². The summed E-state index contributed by atoms with van der Waals surface area (Å²) in [6.45, 7) is 11.9. The molecule has 1 unspecified atom stereocenters. The number of halogens is 2. The molecule has 148 valence electrons. The molecule has 0 aliphatic carbocycles. The van der Waals surface area contributed by atoms with Gasteiger partial charge in [-0.25, -0.2) is 9.38 Å². The van der Waals surface area contributed by atoms with Crippen molar-refractivity contribution in [1.82, 2.24) is 20.4 Å². The molecule has 0 radical (unpaired) electrons. The molecule has 26 heavy (non-hydrogen) atoms. The summed E-state index contributed by atoms with van der Waals surface area (Å²) in [6.07, 6.45) is 0. The molecule has 1 aliphatic heterocycles. The van der Waals surface area contributed by atoms with Gasteiger partial charge in [0.15, 0.2) is 5.96 Å². The van der Waals surface area contributed by atoms with Crippen molar-refractivity contribution in [1.29, 1.82) is 0 Å². The zero-order chi connectivity index (χ0) is 18.1. The van der Waals surface area contributed by atoms with Crippen molar-refractivity contribution in [3.63, 3.8) is 0 Å². The molecule has 5 nitrogen and oxygen atoms in total. The molecule has 0 spiro atoms. The first-order valence-corrected chi connectivity index (χ1v) is 9.25. The molecule has 1 aromatic rings. The van der Waals surface area contributed by atoms with Crippen LogP contribution >= 0.6 is 24.0 Å². The van der Waals surface area contributed by atoms with Crippen LogP contribution in [0.15, 0.2) is 29.3 Å². The zero-order valence-electron chi connectivity index (χ0n) is 16.2. The van der Waals surface area contributed by atoms with Gasteiger partial charge >= 0.3 is 0 Å². The second kappa shape index (κ2) is 12.5. The quantitative estimate of drug-likeness (QED) is 0.360. The molecule has 1 aliphatic rings. The smallest absolute Gasteiger partial charge is 0.191 e. The summed E-state index contributed by atoms with van der Waals surface area (Å²) in [5, 5.41) is 6.62. The Kier molecular flexibility index (Phi) is 11.1. The first-order chi connectivity index (χ1) is 12.1. The van der Waals surface area contributed by atoms with E-state index in [4.69, 9.17) is 0 Å². The maximum atomic E-state index is 13.7. The van der Waals surface area contributed by atoms with Crippen molar-refractivity contribution in [3.8, 4) is 0 Å². The predicted molar refractivity (Wildman–Crippen MR) is 118 cm³/mol. The Balaban J connectivity index is 0.00000338. The van der Waals surface area contributed by atoms with Gasteiger partial charge < -0.3 is 20.4 Å². The van der Waals surface area contributed by atoms with E-state index in [2.05, 4.69) is 39.4 Å². The van der Waals surface area contributed by atoms with Crippen LogP contribution in [0, 0.1) is 11.7 Å². The molecule has 7 heteroatoms. The Morgan fingerprint density at radius 1 is 1.19 bits per heavy atom. The lowest BCUT2D eigenvalue weighted by atomic mass is 10.1. The van der Waals surface area contributed by atoms with Crippen LogP contribution in [0.25, 0.3) is 0 Å². The lowest BCUT2D eigenvalue weighted by Gasteiger charge is -2.34. The van der Waals surface area contributed by atoms with E-state index in [-0.39, 0.29) is 29.8 Å². The zero-order valence-corrected chi connectivity index (χ0v) is 18.5. The van der Waals surface area contributed by atoms with Gasteiger partial charge in [0.05, 0.1) is 6.54 Å². The summed E-state index contributed by atoms with van der Waals surface area (Å²) in [6, 6.07) is 6.79. The van der Waals surface area contributed by atoms with E-state index in [1.165, 1.54) is 6.07 Å². The van der Waals surface area contributed by atoms with Gasteiger partial charge in [0.2, 0.25) is 0 Å². The van der Waals surface area contributed by atoms with E-state index in [0.717, 1.165) is 51.8 Å². The fourth-order valence-corrected chi connectivity index (χ4v) is 2.94. The highest BCUT2D eigenvalue weighted by molar-refractivity contribution is 14.0. The van der Waals surface area contributed by atoms with Crippen LogP contribution in [-0.4, -0.2) is 68.6 Å². The number of hydrogen-bond acceptors (Lipinski definition) is 3. The molecule has 1 fully saturated rings. The van der Waals surface area contributed by atoms with Crippen LogP contribution in [0.4, 0.5) is 4.39 Å². The second-order valence-corrected chi connectivity index (χ2v) is 6.88. The van der Waals surface area contributed by atoms with Gasteiger partial charge in [0, 0.05) is 51.4 Å². The van der Waals surface area contributed by atoms with Gasteiger partial charge in [0.25, 0.3) is 0 Å². The minimum atomic E-state index is -0.203. The summed E-state index contributed by atoms with van der Waals surface area (Å²) in [4.78, 5) is 9.40. The van der Waals surface area contributed by atoms with Crippen molar-refractivity contribution >= 4 is 29.9 Å². The van der Waals surface area contributed by atoms with Crippen molar-refractivity contribution in [2.24, 2.45) is 10.9 Å². The second-order valence-electron chi connectivity index (χ2n) is 6.88. The third-order valence-corrected chi connectivity index (χ3v) is 4.49. The number of nitrogens with one attached hydrogen (secondary N) is 2. The van der Waals surface area contributed by atoms with E-state index >= 15 is 0 Å². The van der Waals surface area contributed by atoms with Gasteiger partial charge in [0.1, 0.15) is 5.82 Å². The summed E-state index contributed by atoms with van der Waals surface area (Å²) in [7, 11) is 2.18. The lowest BCUT2D eigenvalue weighted by molar-refractivity contribution is 0.139. The van der Waals surface area contributed by atoms with E-state index in [1.807, 2.05) is 13.0 Å². The van der Waals surface area contributed by atoms with Gasteiger partial charge in [-0.2, -0.15) is 0 Å². The highest BCUT2D eigenvalue weighted by atomic mass is 127. The van der Waals surface area contributed by atoms with E-state index in [9.17, 15) is 4.39 Å². The molecule has 1 saturated heterocycles. The molecule has 0 bridgehead atoms. The minimum Gasteiger partial charge on any atom is -0.357 e. The molecule has 0 aromatic heterocycles. The lowest BCUT2D eigenvalue weighted by Crippen LogP contribution is -2.47. The van der Waals surface area contributed by atoms with Crippen LogP contribution in [0.3, 0.4) is 0 Å². The van der Waals surface area contributed by atoms with Crippen LogP contribution < -0.4 is 10.6 Å². The third-order valence-electron chi connectivity index (χ3n) is 4.49. The Morgan fingerprint density at radius 2 is 1.88 bits per heavy atom. The first kappa shape index (κ1) is 23.1.